The van der Waals surface area contributed by atoms with Crippen LogP contribution >= 0.6 is 0 Å². The first-order chi connectivity index (χ1) is 10.1. The maximum Gasteiger partial charge on any atom is 0.224 e. The molecule has 2 heterocycles. The number of nitrogens with one attached hydrogen (secondary N) is 1. The number of benzene rings is 1. The number of aromatic nitrogens is 1. The van der Waals surface area contributed by atoms with Crippen LogP contribution < -0.4 is 10.1 Å². The van der Waals surface area contributed by atoms with Crippen LogP contribution in [-0.4, -0.2) is 10.9 Å². The number of aryl methyl sites for hydroxylation is 2. The number of pyridine rings is 1. The molecule has 0 unspecified atom stereocenters. The molecule has 5 heteroatoms. The molecule has 1 aromatic carbocycles. The van der Waals surface area contributed by atoms with Crippen molar-refractivity contribution in [1.29, 1.82) is 5.26 Å². The van der Waals surface area contributed by atoms with Crippen LogP contribution in [0.5, 0.6) is 11.6 Å². The molecule has 0 atom stereocenters. The van der Waals surface area contributed by atoms with Gasteiger partial charge < -0.3 is 10.1 Å². The maximum absolute atomic E-state index is 11.3. The van der Waals surface area contributed by atoms with Gasteiger partial charge in [-0.05, 0) is 43.2 Å². The minimum atomic E-state index is 0.0372. The summed E-state index contributed by atoms with van der Waals surface area (Å²) < 4.78 is 5.72. The van der Waals surface area contributed by atoms with Crippen molar-refractivity contribution in [2.45, 2.75) is 19.8 Å². The number of hydrogen-bond donors (Lipinski definition) is 1. The van der Waals surface area contributed by atoms with E-state index < -0.39 is 0 Å². The topological polar surface area (TPSA) is 75.0 Å². The Morgan fingerprint density at radius 1 is 1.29 bits per heavy atom. The van der Waals surface area contributed by atoms with Crippen molar-refractivity contribution in [3.63, 3.8) is 0 Å². The predicted molar refractivity (Wildman–Crippen MR) is 77.2 cm³/mol. The van der Waals surface area contributed by atoms with Gasteiger partial charge in [0.1, 0.15) is 5.75 Å². The zero-order valence-electron chi connectivity index (χ0n) is 11.5. The predicted octanol–water partition coefficient (Wildman–Crippen LogP) is 2.94. The van der Waals surface area contributed by atoms with Crippen LogP contribution in [0.25, 0.3) is 0 Å². The Hall–Kier alpha value is -2.87. The van der Waals surface area contributed by atoms with E-state index in [9.17, 15) is 4.79 Å². The second-order valence-electron chi connectivity index (χ2n) is 4.92. The normalized spacial score (nSPS) is 13.0. The molecule has 0 saturated carbocycles. The average Bonchev–Trinajstić information content (AvgIpc) is 2.47. The highest BCUT2D eigenvalue weighted by Crippen LogP contribution is 2.29. The molecule has 0 aliphatic carbocycles. The molecule has 1 aliphatic rings. The molecule has 1 aliphatic heterocycles. The van der Waals surface area contributed by atoms with Crippen LogP contribution in [0.15, 0.2) is 30.3 Å². The van der Waals surface area contributed by atoms with Gasteiger partial charge >= 0.3 is 0 Å². The van der Waals surface area contributed by atoms with Gasteiger partial charge in [0.2, 0.25) is 11.8 Å². The highest BCUT2D eigenvalue weighted by Gasteiger charge is 2.15. The van der Waals surface area contributed by atoms with Crippen LogP contribution in [0, 0.1) is 18.3 Å². The number of carbonyl (C=O) groups is 1. The molecule has 21 heavy (non-hydrogen) atoms. The van der Waals surface area contributed by atoms with E-state index in [1.54, 1.807) is 18.2 Å². The Bertz CT molecular complexity index is 763. The fourth-order valence-electron chi connectivity index (χ4n) is 2.30. The van der Waals surface area contributed by atoms with Gasteiger partial charge in [0.25, 0.3) is 0 Å². The van der Waals surface area contributed by atoms with Gasteiger partial charge in [0, 0.05) is 23.9 Å². The SMILES string of the molecule is Cc1cc(C#N)cc(Oc2ccc3c(c2)CCC(=O)N3)n1. The van der Waals surface area contributed by atoms with Crippen molar-refractivity contribution < 1.29 is 9.53 Å². The number of rotatable bonds is 2. The van der Waals surface area contributed by atoms with E-state index in [0.29, 0.717) is 30.0 Å². The molecule has 0 spiro atoms. The molecule has 0 radical (unpaired) electrons. The lowest BCUT2D eigenvalue weighted by molar-refractivity contribution is -0.116. The molecule has 0 saturated heterocycles. The van der Waals surface area contributed by atoms with Gasteiger partial charge in [0.15, 0.2) is 0 Å². The van der Waals surface area contributed by atoms with E-state index in [4.69, 9.17) is 10.00 Å². The number of carbonyl (C=O) groups excluding carboxylic acids is 1. The summed E-state index contributed by atoms with van der Waals surface area (Å²) in [6, 6.07) is 10.9. The smallest absolute Gasteiger partial charge is 0.224 e. The summed E-state index contributed by atoms with van der Waals surface area (Å²) in [5, 5.41) is 11.8. The van der Waals surface area contributed by atoms with Crippen LogP contribution in [0.3, 0.4) is 0 Å². The maximum atomic E-state index is 11.3. The van der Waals surface area contributed by atoms with Crippen LogP contribution in [-0.2, 0) is 11.2 Å². The van der Waals surface area contributed by atoms with Crippen LogP contribution in [0.2, 0.25) is 0 Å². The molecule has 2 aromatic rings. The number of nitrogens with zero attached hydrogens (tertiary/aromatic N) is 2. The third-order valence-corrected chi connectivity index (χ3v) is 3.25. The summed E-state index contributed by atoms with van der Waals surface area (Å²) in [6.45, 7) is 1.82. The third kappa shape index (κ3) is 2.84. The number of ether oxygens (including phenoxy) is 1. The molecule has 1 N–H and O–H groups in total. The highest BCUT2D eigenvalue weighted by atomic mass is 16.5. The van der Waals surface area contributed by atoms with E-state index in [-0.39, 0.29) is 5.91 Å². The fourth-order valence-corrected chi connectivity index (χ4v) is 2.30. The van der Waals surface area contributed by atoms with Gasteiger partial charge in [-0.15, -0.1) is 0 Å². The number of fused-ring (bicyclic) bond motifs is 1. The summed E-state index contributed by atoms with van der Waals surface area (Å²) in [6.07, 6.45) is 1.18. The largest absolute Gasteiger partial charge is 0.439 e. The fraction of sp³-hybridized carbons (Fsp3) is 0.188. The molecule has 3 rings (SSSR count). The Morgan fingerprint density at radius 2 is 2.14 bits per heavy atom. The standard InChI is InChI=1S/C16H13N3O2/c1-10-6-11(9-17)7-16(18-10)21-13-3-4-14-12(8-13)2-5-15(20)19-14/h3-4,6-8H,2,5H2,1H3,(H,19,20). The lowest BCUT2D eigenvalue weighted by Gasteiger charge is -2.17. The highest BCUT2D eigenvalue weighted by molar-refractivity contribution is 5.94. The number of amides is 1. The van der Waals surface area contributed by atoms with Crippen molar-refractivity contribution in [3.05, 3.63) is 47.2 Å². The average molecular weight is 279 g/mol. The summed E-state index contributed by atoms with van der Waals surface area (Å²) in [5.74, 6) is 1.08. The zero-order chi connectivity index (χ0) is 14.8. The van der Waals surface area contributed by atoms with Gasteiger partial charge in [-0.3, -0.25) is 4.79 Å². The van der Waals surface area contributed by atoms with Crippen molar-refractivity contribution in [2.24, 2.45) is 0 Å². The number of anilines is 1. The molecule has 1 aromatic heterocycles. The monoisotopic (exact) mass is 279 g/mol. The second kappa shape index (κ2) is 5.25. The Kier molecular flexibility index (Phi) is 3.28. The van der Waals surface area contributed by atoms with E-state index >= 15 is 0 Å². The zero-order valence-corrected chi connectivity index (χ0v) is 11.5. The van der Waals surface area contributed by atoms with Crippen molar-refractivity contribution in [3.8, 4) is 17.7 Å². The van der Waals surface area contributed by atoms with E-state index in [1.165, 1.54) is 0 Å². The van der Waals surface area contributed by atoms with E-state index in [2.05, 4.69) is 16.4 Å². The Balaban J connectivity index is 1.87. The lowest BCUT2D eigenvalue weighted by Crippen LogP contribution is -2.18. The van der Waals surface area contributed by atoms with Crippen molar-refractivity contribution in [2.75, 3.05) is 5.32 Å². The van der Waals surface area contributed by atoms with E-state index in [1.807, 2.05) is 19.1 Å². The van der Waals surface area contributed by atoms with Gasteiger partial charge in [0.05, 0.1) is 11.6 Å². The Labute approximate surface area is 122 Å². The summed E-state index contributed by atoms with van der Waals surface area (Å²) in [5.41, 5.74) is 3.12. The third-order valence-electron chi connectivity index (χ3n) is 3.25. The van der Waals surface area contributed by atoms with Crippen molar-refractivity contribution in [1.82, 2.24) is 4.98 Å². The quantitative estimate of drug-likeness (QED) is 0.917. The summed E-state index contributed by atoms with van der Waals surface area (Å²) >= 11 is 0. The van der Waals surface area contributed by atoms with Crippen molar-refractivity contribution >= 4 is 11.6 Å². The minimum Gasteiger partial charge on any atom is -0.439 e. The first-order valence-corrected chi connectivity index (χ1v) is 6.63. The molecule has 0 bridgehead atoms. The van der Waals surface area contributed by atoms with Gasteiger partial charge in [-0.2, -0.15) is 5.26 Å². The number of hydrogen-bond acceptors (Lipinski definition) is 4. The molecule has 0 fully saturated rings. The van der Waals surface area contributed by atoms with Gasteiger partial charge in [-0.25, -0.2) is 4.98 Å². The van der Waals surface area contributed by atoms with Gasteiger partial charge in [-0.1, -0.05) is 0 Å². The molecule has 104 valence electrons. The molecule has 5 nitrogen and oxygen atoms in total. The second-order valence-corrected chi connectivity index (χ2v) is 4.92. The molecular formula is C16H13N3O2. The summed E-state index contributed by atoms with van der Waals surface area (Å²) in [7, 11) is 0. The first-order valence-electron chi connectivity index (χ1n) is 6.63. The molecule has 1 amide bonds. The minimum absolute atomic E-state index is 0.0372. The summed E-state index contributed by atoms with van der Waals surface area (Å²) in [4.78, 5) is 15.6. The number of nitriles is 1. The Morgan fingerprint density at radius 3 is 2.95 bits per heavy atom. The lowest BCUT2D eigenvalue weighted by atomic mass is 10.0. The van der Waals surface area contributed by atoms with Crippen LogP contribution in [0.4, 0.5) is 5.69 Å². The molecular weight excluding hydrogens is 266 g/mol. The first kappa shape index (κ1) is 13.1. The van der Waals surface area contributed by atoms with E-state index in [0.717, 1.165) is 16.9 Å². The van der Waals surface area contributed by atoms with Crippen LogP contribution in [0.1, 0.15) is 23.2 Å².